The number of rotatable bonds is 6. The van der Waals surface area contributed by atoms with Gasteiger partial charge in [-0.05, 0) is 42.3 Å². The third-order valence-electron chi connectivity index (χ3n) is 3.51. The van der Waals surface area contributed by atoms with Gasteiger partial charge in [-0.15, -0.1) is 0 Å². The Bertz CT molecular complexity index is 819. The molecule has 3 N–H and O–H groups in total. The molecular weight excluding hydrogens is 337 g/mol. The molecule has 2 rings (SSSR count). The molecule has 0 radical (unpaired) electrons. The smallest absolute Gasteiger partial charge is 0.251 e. The molecule has 136 valence electrons. The molecule has 26 heavy (non-hydrogen) atoms. The summed E-state index contributed by atoms with van der Waals surface area (Å²) in [6, 6.07) is 11.1. The standard InChI is InChI=1S/C19H20FN3O3/c1-12(24)22-16-6-3-14(4-7-16)9-10-21-19(26)15-5-8-17(20)18(11-15)23-13(2)25/h3-8,11H,9-10H2,1-2H3,(H,21,26)(H,22,24)(H,23,25). The first-order valence-electron chi connectivity index (χ1n) is 8.07. The van der Waals surface area contributed by atoms with Crippen molar-refractivity contribution in [1.82, 2.24) is 5.32 Å². The van der Waals surface area contributed by atoms with Crippen LogP contribution in [0.2, 0.25) is 0 Å². The summed E-state index contributed by atoms with van der Waals surface area (Å²) >= 11 is 0. The van der Waals surface area contributed by atoms with Crippen LogP contribution >= 0.6 is 0 Å². The number of anilines is 2. The van der Waals surface area contributed by atoms with Crippen LogP contribution < -0.4 is 16.0 Å². The summed E-state index contributed by atoms with van der Waals surface area (Å²) in [6.45, 7) is 3.10. The monoisotopic (exact) mass is 357 g/mol. The third kappa shape index (κ3) is 5.70. The van der Waals surface area contributed by atoms with Gasteiger partial charge in [0.25, 0.3) is 5.91 Å². The minimum Gasteiger partial charge on any atom is -0.352 e. The lowest BCUT2D eigenvalue weighted by Gasteiger charge is -2.09. The van der Waals surface area contributed by atoms with Crippen molar-refractivity contribution in [1.29, 1.82) is 0 Å². The summed E-state index contributed by atoms with van der Waals surface area (Å²) in [5, 5.41) is 7.78. The Kier molecular flexibility index (Phi) is 6.43. The van der Waals surface area contributed by atoms with Crippen molar-refractivity contribution in [2.75, 3.05) is 17.2 Å². The van der Waals surface area contributed by atoms with Gasteiger partial charge in [0.1, 0.15) is 5.82 Å². The van der Waals surface area contributed by atoms with Crippen LogP contribution in [0.5, 0.6) is 0 Å². The zero-order valence-electron chi connectivity index (χ0n) is 14.6. The molecule has 0 unspecified atom stereocenters. The van der Waals surface area contributed by atoms with Gasteiger partial charge in [0.05, 0.1) is 5.69 Å². The molecule has 0 saturated carbocycles. The van der Waals surface area contributed by atoms with Crippen LogP contribution in [0.4, 0.5) is 15.8 Å². The maximum absolute atomic E-state index is 13.6. The average molecular weight is 357 g/mol. The van der Waals surface area contributed by atoms with Gasteiger partial charge in [-0.2, -0.15) is 0 Å². The molecule has 0 fully saturated rings. The maximum Gasteiger partial charge on any atom is 0.251 e. The number of hydrogen-bond donors (Lipinski definition) is 3. The highest BCUT2D eigenvalue weighted by Crippen LogP contribution is 2.16. The second-order valence-corrected chi connectivity index (χ2v) is 5.76. The van der Waals surface area contributed by atoms with Crippen LogP contribution in [-0.4, -0.2) is 24.3 Å². The van der Waals surface area contributed by atoms with Crippen molar-refractivity contribution in [2.24, 2.45) is 0 Å². The van der Waals surface area contributed by atoms with Crippen molar-refractivity contribution in [3.63, 3.8) is 0 Å². The number of hydrogen-bond acceptors (Lipinski definition) is 3. The van der Waals surface area contributed by atoms with Crippen molar-refractivity contribution in [2.45, 2.75) is 20.3 Å². The van der Waals surface area contributed by atoms with Crippen molar-refractivity contribution in [3.05, 3.63) is 59.4 Å². The number of carbonyl (C=O) groups is 3. The molecule has 0 aliphatic rings. The lowest BCUT2D eigenvalue weighted by Crippen LogP contribution is -2.26. The van der Waals surface area contributed by atoms with E-state index in [0.29, 0.717) is 18.7 Å². The van der Waals surface area contributed by atoms with E-state index in [1.165, 1.54) is 26.0 Å². The maximum atomic E-state index is 13.6. The Balaban J connectivity index is 1.90. The molecule has 0 aliphatic carbocycles. The second kappa shape index (κ2) is 8.75. The number of nitrogens with one attached hydrogen (secondary N) is 3. The fourth-order valence-electron chi connectivity index (χ4n) is 2.33. The van der Waals surface area contributed by atoms with Gasteiger partial charge in [0.2, 0.25) is 11.8 Å². The Labute approximate surface area is 150 Å². The summed E-state index contributed by atoms with van der Waals surface area (Å²) in [7, 11) is 0. The zero-order chi connectivity index (χ0) is 19.1. The molecule has 0 bridgehead atoms. The largest absolute Gasteiger partial charge is 0.352 e. The van der Waals surface area contributed by atoms with Gasteiger partial charge in [-0.3, -0.25) is 14.4 Å². The van der Waals surface area contributed by atoms with Gasteiger partial charge >= 0.3 is 0 Å². The Morgan fingerprint density at radius 3 is 2.19 bits per heavy atom. The van der Waals surface area contributed by atoms with Crippen LogP contribution in [0, 0.1) is 5.82 Å². The topological polar surface area (TPSA) is 87.3 Å². The Morgan fingerprint density at radius 1 is 0.923 bits per heavy atom. The van der Waals surface area contributed by atoms with E-state index in [9.17, 15) is 18.8 Å². The number of halogens is 1. The fraction of sp³-hybridized carbons (Fsp3) is 0.211. The van der Waals surface area contributed by atoms with E-state index in [4.69, 9.17) is 0 Å². The van der Waals surface area contributed by atoms with Crippen molar-refractivity contribution in [3.8, 4) is 0 Å². The second-order valence-electron chi connectivity index (χ2n) is 5.76. The van der Waals surface area contributed by atoms with E-state index >= 15 is 0 Å². The Morgan fingerprint density at radius 2 is 1.58 bits per heavy atom. The average Bonchev–Trinajstić information content (AvgIpc) is 2.57. The molecule has 0 aliphatic heterocycles. The summed E-state index contributed by atoms with van der Waals surface area (Å²) in [4.78, 5) is 34.2. The van der Waals surface area contributed by atoms with Gasteiger partial charge < -0.3 is 16.0 Å². The normalized spacial score (nSPS) is 10.1. The highest BCUT2D eigenvalue weighted by atomic mass is 19.1. The molecular formula is C19H20FN3O3. The quantitative estimate of drug-likeness (QED) is 0.743. The first-order valence-corrected chi connectivity index (χ1v) is 8.07. The predicted octanol–water partition coefficient (Wildman–Crippen LogP) is 2.72. The van der Waals surface area contributed by atoms with Crippen LogP contribution in [0.25, 0.3) is 0 Å². The first-order chi connectivity index (χ1) is 12.3. The van der Waals surface area contributed by atoms with Gasteiger partial charge in [-0.25, -0.2) is 4.39 Å². The number of amides is 3. The molecule has 3 amide bonds. The van der Waals surface area contributed by atoms with E-state index in [0.717, 1.165) is 11.6 Å². The summed E-state index contributed by atoms with van der Waals surface area (Å²) in [5.74, 6) is -1.51. The summed E-state index contributed by atoms with van der Waals surface area (Å²) < 4.78 is 13.6. The molecule has 0 atom stereocenters. The predicted molar refractivity (Wildman–Crippen MR) is 97.5 cm³/mol. The molecule has 2 aromatic carbocycles. The van der Waals surface area contributed by atoms with E-state index in [-0.39, 0.29) is 23.1 Å². The molecule has 0 aromatic heterocycles. The van der Waals surface area contributed by atoms with Crippen molar-refractivity contribution < 1.29 is 18.8 Å². The van der Waals surface area contributed by atoms with Gasteiger partial charge in [0.15, 0.2) is 0 Å². The SMILES string of the molecule is CC(=O)Nc1ccc(CCNC(=O)c2ccc(F)c(NC(C)=O)c2)cc1. The molecule has 6 nitrogen and oxygen atoms in total. The van der Waals surface area contributed by atoms with Crippen LogP contribution in [0.3, 0.4) is 0 Å². The molecule has 0 heterocycles. The summed E-state index contributed by atoms with van der Waals surface area (Å²) in [6.07, 6.45) is 0.603. The molecule has 2 aromatic rings. The first kappa shape index (κ1) is 19.1. The highest BCUT2D eigenvalue weighted by Gasteiger charge is 2.10. The lowest BCUT2D eigenvalue weighted by molar-refractivity contribution is -0.115. The minimum atomic E-state index is -0.601. The van der Waals surface area contributed by atoms with Crippen LogP contribution in [0.15, 0.2) is 42.5 Å². The van der Waals surface area contributed by atoms with Gasteiger partial charge in [0, 0.05) is 31.6 Å². The lowest BCUT2D eigenvalue weighted by atomic mass is 10.1. The van der Waals surface area contributed by atoms with E-state index in [2.05, 4.69) is 16.0 Å². The minimum absolute atomic E-state index is 0.0290. The van der Waals surface area contributed by atoms with Gasteiger partial charge in [-0.1, -0.05) is 12.1 Å². The highest BCUT2D eigenvalue weighted by molar-refractivity contribution is 5.96. The zero-order valence-corrected chi connectivity index (χ0v) is 14.6. The fourth-order valence-corrected chi connectivity index (χ4v) is 2.33. The number of benzene rings is 2. The molecule has 0 saturated heterocycles. The molecule has 0 spiro atoms. The third-order valence-corrected chi connectivity index (χ3v) is 3.51. The Hall–Kier alpha value is -3.22. The summed E-state index contributed by atoms with van der Waals surface area (Å²) in [5.41, 5.74) is 1.94. The van der Waals surface area contributed by atoms with E-state index in [1.54, 1.807) is 12.1 Å². The number of carbonyl (C=O) groups excluding carboxylic acids is 3. The molecule has 7 heteroatoms. The van der Waals surface area contributed by atoms with E-state index in [1.807, 2.05) is 12.1 Å². The van der Waals surface area contributed by atoms with Crippen molar-refractivity contribution >= 4 is 29.1 Å². The van der Waals surface area contributed by atoms with E-state index < -0.39 is 11.7 Å². The van der Waals surface area contributed by atoms with Crippen LogP contribution in [0.1, 0.15) is 29.8 Å². The van der Waals surface area contributed by atoms with Crippen LogP contribution in [-0.2, 0) is 16.0 Å².